The summed E-state index contributed by atoms with van der Waals surface area (Å²) >= 11 is 5.80. The summed E-state index contributed by atoms with van der Waals surface area (Å²) in [5, 5.41) is 0.669. The van der Waals surface area contributed by atoms with Crippen molar-refractivity contribution < 1.29 is 0 Å². The number of nitrogens with two attached hydrogens (primary N) is 1. The smallest absolute Gasteiger partial charge is 0.0601 e. The summed E-state index contributed by atoms with van der Waals surface area (Å²) in [5.41, 5.74) is 7.38. The lowest BCUT2D eigenvalue weighted by Crippen LogP contribution is -1.98. The summed E-state index contributed by atoms with van der Waals surface area (Å²) in [4.78, 5) is 0. The predicted octanol–water partition coefficient (Wildman–Crippen LogP) is 2.30. The standard InChI is InChI=1S/C8H10ClN/c1-6-4-2-3-5-7(9)8(6)10/h2,4-5H,3,10H2,1H3. The average molecular weight is 156 g/mol. The van der Waals surface area contributed by atoms with Crippen LogP contribution in [0.15, 0.2) is 34.5 Å². The van der Waals surface area contributed by atoms with Gasteiger partial charge in [0, 0.05) is 0 Å². The van der Waals surface area contributed by atoms with Crippen LogP contribution in [0.2, 0.25) is 0 Å². The molecule has 1 rings (SSSR count). The molecule has 0 saturated carbocycles. The van der Waals surface area contributed by atoms with Crippen LogP contribution in [0.3, 0.4) is 0 Å². The van der Waals surface area contributed by atoms with E-state index >= 15 is 0 Å². The molecular weight excluding hydrogens is 146 g/mol. The predicted molar refractivity (Wildman–Crippen MR) is 44.6 cm³/mol. The van der Waals surface area contributed by atoms with Gasteiger partial charge in [0.1, 0.15) is 0 Å². The van der Waals surface area contributed by atoms with Crippen molar-refractivity contribution >= 4 is 11.6 Å². The number of halogens is 1. The molecule has 1 aliphatic rings. The number of hydrogen-bond donors (Lipinski definition) is 1. The maximum Gasteiger partial charge on any atom is 0.0601 e. The number of allylic oxidation sites excluding steroid dienone is 5. The molecule has 0 unspecified atom stereocenters. The topological polar surface area (TPSA) is 26.0 Å². The lowest BCUT2D eigenvalue weighted by molar-refractivity contribution is 1.31. The highest BCUT2D eigenvalue weighted by Gasteiger charge is 2.01. The molecule has 0 saturated heterocycles. The van der Waals surface area contributed by atoms with Gasteiger partial charge in [-0.15, -0.1) is 0 Å². The van der Waals surface area contributed by atoms with Gasteiger partial charge in [0.15, 0.2) is 0 Å². The van der Waals surface area contributed by atoms with E-state index in [2.05, 4.69) is 0 Å². The van der Waals surface area contributed by atoms with Crippen LogP contribution in [-0.2, 0) is 0 Å². The quantitative estimate of drug-likeness (QED) is 0.571. The molecule has 0 aromatic heterocycles. The Hall–Kier alpha value is -0.690. The molecule has 0 aliphatic heterocycles. The largest absolute Gasteiger partial charge is 0.397 e. The summed E-state index contributed by atoms with van der Waals surface area (Å²) in [6, 6.07) is 0. The highest BCUT2D eigenvalue weighted by molar-refractivity contribution is 6.32. The van der Waals surface area contributed by atoms with Crippen molar-refractivity contribution in [1.82, 2.24) is 0 Å². The molecule has 2 heteroatoms. The number of hydrogen-bond acceptors (Lipinski definition) is 1. The molecule has 54 valence electrons. The van der Waals surface area contributed by atoms with Crippen molar-refractivity contribution in [1.29, 1.82) is 0 Å². The zero-order valence-corrected chi connectivity index (χ0v) is 6.65. The molecule has 0 radical (unpaired) electrons. The molecule has 0 bridgehead atoms. The molecular formula is C8H10ClN. The lowest BCUT2D eigenvalue weighted by Gasteiger charge is -1.98. The van der Waals surface area contributed by atoms with Gasteiger partial charge in [-0.1, -0.05) is 29.8 Å². The minimum atomic E-state index is 0.669. The van der Waals surface area contributed by atoms with Crippen LogP contribution in [0.4, 0.5) is 0 Å². The number of rotatable bonds is 0. The third-order valence-electron chi connectivity index (χ3n) is 1.48. The Morgan fingerprint density at radius 3 is 3.00 bits per heavy atom. The SMILES string of the molecule is CC1=C(N)C(Cl)=CCC=C1. The van der Waals surface area contributed by atoms with E-state index in [0.29, 0.717) is 10.7 Å². The molecule has 0 fully saturated rings. The minimum Gasteiger partial charge on any atom is -0.397 e. The van der Waals surface area contributed by atoms with E-state index in [9.17, 15) is 0 Å². The van der Waals surface area contributed by atoms with E-state index in [1.165, 1.54) is 0 Å². The van der Waals surface area contributed by atoms with Gasteiger partial charge in [-0.05, 0) is 18.9 Å². The molecule has 1 aliphatic carbocycles. The summed E-state index contributed by atoms with van der Waals surface area (Å²) < 4.78 is 0. The van der Waals surface area contributed by atoms with Crippen molar-refractivity contribution in [2.24, 2.45) is 5.73 Å². The van der Waals surface area contributed by atoms with E-state index in [1.807, 2.05) is 25.2 Å². The Morgan fingerprint density at radius 2 is 2.30 bits per heavy atom. The van der Waals surface area contributed by atoms with Crippen LogP contribution in [-0.4, -0.2) is 0 Å². The molecule has 0 atom stereocenters. The van der Waals surface area contributed by atoms with Crippen LogP contribution in [0.5, 0.6) is 0 Å². The van der Waals surface area contributed by atoms with Crippen LogP contribution in [0.1, 0.15) is 13.3 Å². The second-order valence-electron chi connectivity index (χ2n) is 2.29. The van der Waals surface area contributed by atoms with Crippen LogP contribution < -0.4 is 5.73 Å². The zero-order valence-electron chi connectivity index (χ0n) is 5.89. The highest BCUT2D eigenvalue weighted by Crippen LogP contribution is 2.18. The molecule has 0 heterocycles. The average Bonchev–Trinajstić information content (AvgIpc) is 2.04. The molecule has 1 nitrogen and oxygen atoms in total. The third-order valence-corrected chi connectivity index (χ3v) is 1.84. The summed E-state index contributed by atoms with van der Waals surface area (Å²) in [7, 11) is 0. The maximum absolute atomic E-state index is 5.80. The summed E-state index contributed by atoms with van der Waals surface area (Å²) in [5.74, 6) is 0. The van der Waals surface area contributed by atoms with E-state index in [4.69, 9.17) is 17.3 Å². The molecule has 0 aromatic rings. The Kier molecular flexibility index (Phi) is 2.17. The van der Waals surface area contributed by atoms with Gasteiger partial charge in [0.05, 0.1) is 10.7 Å². The molecule has 10 heavy (non-hydrogen) atoms. The van der Waals surface area contributed by atoms with Crippen LogP contribution >= 0.6 is 11.6 Å². The minimum absolute atomic E-state index is 0.669. The van der Waals surface area contributed by atoms with Crippen molar-refractivity contribution in [2.75, 3.05) is 0 Å². The molecule has 0 amide bonds. The first-order chi connectivity index (χ1) is 4.72. The zero-order chi connectivity index (χ0) is 7.56. The second-order valence-corrected chi connectivity index (χ2v) is 2.69. The molecule has 0 aromatic carbocycles. The lowest BCUT2D eigenvalue weighted by atomic mass is 10.2. The maximum atomic E-state index is 5.80. The van der Waals surface area contributed by atoms with Crippen molar-refractivity contribution in [3.63, 3.8) is 0 Å². The van der Waals surface area contributed by atoms with Crippen molar-refractivity contribution in [3.05, 3.63) is 34.5 Å². The second kappa shape index (κ2) is 2.93. The first-order valence-electron chi connectivity index (χ1n) is 3.20. The molecule has 2 N–H and O–H groups in total. The monoisotopic (exact) mass is 155 g/mol. The van der Waals surface area contributed by atoms with Gasteiger partial charge in [0.25, 0.3) is 0 Å². The first-order valence-corrected chi connectivity index (χ1v) is 3.58. The first kappa shape index (κ1) is 7.42. The fourth-order valence-electron chi connectivity index (χ4n) is 0.804. The van der Waals surface area contributed by atoms with E-state index in [1.54, 1.807) is 0 Å². The van der Waals surface area contributed by atoms with E-state index < -0.39 is 0 Å². The fraction of sp³-hybridized carbons (Fsp3) is 0.250. The van der Waals surface area contributed by atoms with Gasteiger partial charge in [-0.2, -0.15) is 0 Å². The van der Waals surface area contributed by atoms with E-state index in [0.717, 1.165) is 12.0 Å². The van der Waals surface area contributed by atoms with Gasteiger partial charge < -0.3 is 5.73 Å². The Balaban J connectivity index is 3.02. The van der Waals surface area contributed by atoms with Crippen LogP contribution in [0, 0.1) is 0 Å². The summed E-state index contributed by atoms with van der Waals surface area (Å²) in [6.45, 7) is 1.95. The fourth-order valence-corrected chi connectivity index (χ4v) is 1.04. The normalized spacial score (nSPS) is 18.8. The Morgan fingerprint density at radius 1 is 1.60 bits per heavy atom. The van der Waals surface area contributed by atoms with Crippen molar-refractivity contribution in [2.45, 2.75) is 13.3 Å². The van der Waals surface area contributed by atoms with Gasteiger partial charge in [0.2, 0.25) is 0 Å². The Labute approximate surface area is 65.9 Å². The van der Waals surface area contributed by atoms with E-state index in [-0.39, 0.29) is 0 Å². The third kappa shape index (κ3) is 1.42. The van der Waals surface area contributed by atoms with Gasteiger partial charge in [-0.25, -0.2) is 0 Å². The van der Waals surface area contributed by atoms with Crippen molar-refractivity contribution in [3.8, 4) is 0 Å². The van der Waals surface area contributed by atoms with Gasteiger partial charge in [-0.3, -0.25) is 0 Å². The van der Waals surface area contributed by atoms with Gasteiger partial charge >= 0.3 is 0 Å². The summed E-state index contributed by atoms with van der Waals surface area (Å²) in [6.07, 6.45) is 6.81. The molecule has 0 spiro atoms. The van der Waals surface area contributed by atoms with Crippen LogP contribution in [0.25, 0.3) is 0 Å². The highest BCUT2D eigenvalue weighted by atomic mass is 35.5. The Bertz CT molecular complexity index is 223.